The van der Waals surface area contributed by atoms with Gasteiger partial charge in [-0.2, -0.15) is 0 Å². The molecule has 1 aliphatic rings. The molecular weight excluding hydrogens is 430 g/mol. The first-order chi connectivity index (χ1) is 14.9. The van der Waals surface area contributed by atoms with Gasteiger partial charge in [-0.25, -0.2) is 4.98 Å². The molecule has 0 N–H and O–H groups in total. The fraction of sp³-hybridized carbons (Fsp3) is 0.417. The van der Waals surface area contributed by atoms with Crippen LogP contribution in [0.25, 0.3) is 10.2 Å². The van der Waals surface area contributed by atoms with Crippen molar-refractivity contribution in [3.05, 3.63) is 57.6 Å². The molecule has 5 nitrogen and oxygen atoms in total. The van der Waals surface area contributed by atoms with Crippen molar-refractivity contribution in [3.8, 4) is 0 Å². The number of hydrogen-bond acceptors (Lipinski definition) is 5. The van der Waals surface area contributed by atoms with Gasteiger partial charge in [-0.1, -0.05) is 40.6 Å². The zero-order chi connectivity index (χ0) is 22.0. The van der Waals surface area contributed by atoms with Gasteiger partial charge < -0.3 is 4.74 Å². The van der Waals surface area contributed by atoms with Crippen LogP contribution in [0, 0.1) is 20.8 Å². The number of hydrogen-bond donors (Lipinski definition) is 0. The van der Waals surface area contributed by atoms with Crippen molar-refractivity contribution >= 4 is 44.2 Å². The predicted molar refractivity (Wildman–Crippen MR) is 129 cm³/mol. The lowest BCUT2D eigenvalue weighted by atomic mass is 10.0. The number of rotatable bonds is 6. The number of carbonyl (C=O) groups is 1. The Kier molecular flexibility index (Phi) is 6.92. The van der Waals surface area contributed by atoms with E-state index in [-0.39, 0.29) is 5.91 Å². The molecule has 1 fully saturated rings. The van der Waals surface area contributed by atoms with Gasteiger partial charge in [0, 0.05) is 36.8 Å². The van der Waals surface area contributed by atoms with Gasteiger partial charge in [0.05, 0.1) is 23.4 Å². The number of carbonyl (C=O) groups excluding carboxylic acids is 1. The summed E-state index contributed by atoms with van der Waals surface area (Å²) in [6.45, 7) is 11.0. The maximum atomic E-state index is 13.7. The Bertz CT molecular complexity index is 1090. The number of ether oxygens (including phenoxy) is 1. The van der Waals surface area contributed by atoms with Crippen molar-refractivity contribution in [1.29, 1.82) is 0 Å². The summed E-state index contributed by atoms with van der Waals surface area (Å²) in [5, 5.41) is 1.43. The van der Waals surface area contributed by atoms with Crippen LogP contribution in [0.1, 0.15) is 33.5 Å². The van der Waals surface area contributed by atoms with Crippen LogP contribution < -0.4 is 4.90 Å². The molecular formula is C24H28ClN3O2S. The van der Waals surface area contributed by atoms with Crippen molar-refractivity contribution in [2.45, 2.75) is 27.2 Å². The fourth-order valence-corrected chi connectivity index (χ4v) is 5.08. The molecule has 1 amide bonds. The smallest absolute Gasteiger partial charge is 0.260 e. The molecule has 0 saturated carbocycles. The molecule has 0 atom stereocenters. The average Bonchev–Trinajstić information content (AvgIpc) is 3.20. The number of anilines is 1. The van der Waals surface area contributed by atoms with E-state index in [1.807, 2.05) is 56.0 Å². The summed E-state index contributed by atoms with van der Waals surface area (Å²) < 4.78 is 6.49. The lowest BCUT2D eigenvalue weighted by Gasteiger charge is -2.28. The highest BCUT2D eigenvalue weighted by atomic mass is 35.5. The second kappa shape index (κ2) is 9.65. The number of aromatic nitrogens is 1. The maximum absolute atomic E-state index is 13.7. The minimum absolute atomic E-state index is 0.00554. The van der Waals surface area contributed by atoms with Crippen molar-refractivity contribution in [2.24, 2.45) is 0 Å². The molecule has 1 saturated heterocycles. The number of amides is 1. The second-order valence-corrected chi connectivity index (χ2v) is 9.51. The molecule has 7 heteroatoms. The third kappa shape index (κ3) is 4.93. The fourth-order valence-electron chi connectivity index (χ4n) is 3.88. The van der Waals surface area contributed by atoms with Gasteiger partial charge in [-0.15, -0.1) is 0 Å². The van der Waals surface area contributed by atoms with E-state index in [1.165, 1.54) is 0 Å². The number of halogens is 1. The molecule has 0 aliphatic carbocycles. The van der Waals surface area contributed by atoms with Crippen LogP contribution in [-0.4, -0.2) is 55.2 Å². The first kappa shape index (κ1) is 22.2. The number of fused-ring (bicyclic) bond motifs is 1. The highest BCUT2D eigenvalue weighted by molar-refractivity contribution is 7.22. The largest absolute Gasteiger partial charge is 0.379 e. The van der Waals surface area contributed by atoms with Gasteiger partial charge in [0.1, 0.15) is 0 Å². The van der Waals surface area contributed by atoms with E-state index in [4.69, 9.17) is 21.3 Å². The van der Waals surface area contributed by atoms with Crippen molar-refractivity contribution < 1.29 is 9.53 Å². The number of benzene rings is 2. The Morgan fingerprint density at radius 1 is 1.19 bits per heavy atom. The number of aryl methyl sites for hydroxylation is 3. The van der Waals surface area contributed by atoms with Crippen LogP contribution in [0.2, 0.25) is 5.02 Å². The lowest BCUT2D eigenvalue weighted by Crippen LogP contribution is -2.39. The molecule has 2 heterocycles. The number of nitrogens with zero attached hydrogens (tertiary/aromatic N) is 3. The number of thiazole rings is 1. The van der Waals surface area contributed by atoms with Gasteiger partial charge in [-0.3, -0.25) is 14.6 Å². The predicted octanol–water partition coefficient (Wildman–Crippen LogP) is 5.24. The number of morpholine rings is 1. The molecule has 2 aromatic carbocycles. The van der Waals surface area contributed by atoms with E-state index in [0.29, 0.717) is 11.6 Å². The van der Waals surface area contributed by atoms with Gasteiger partial charge in [0.15, 0.2) is 5.13 Å². The SMILES string of the molecule is Cc1ccc(C)c(C(=O)N(CCCN2CCOCC2)c2nc3c(C)c(Cl)ccc3s2)c1. The minimum atomic E-state index is 0.00554. The normalized spacial score (nSPS) is 14.8. The average molecular weight is 458 g/mol. The topological polar surface area (TPSA) is 45.7 Å². The minimum Gasteiger partial charge on any atom is -0.379 e. The Labute approximate surface area is 192 Å². The van der Waals surface area contributed by atoms with E-state index in [1.54, 1.807) is 11.3 Å². The molecule has 0 bridgehead atoms. The molecule has 3 aromatic rings. The highest BCUT2D eigenvalue weighted by Gasteiger charge is 2.24. The second-order valence-electron chi connectivity index (χ2n) is 8.10. The molecule has 164 valence electrons. The van der Waals surface area contributed by atoms with Crippen molar-refractivity contribution in [1.82, 2.24) is 9.88 Å². The molecule has 31 heavy (non-hydrogen) atoms. The summed E-state index contributed by atoms with van der Waals surface area (Å²) >= 11 is 7.86. The van der Waals surface area contributed by atoms with Gasteiger partial charge in [0.2, 0.25) is 0 Å². The summed E-state index contributed by atoms with van der Waals surface area (Å²) in [5.74, 6) is 0.00554. The summed E-state index contributed by atoms with van der Waals surface area (Å²) in [4.78, 5) is 22.7. The zero-order valence-electron chi connectivity index (χ0n) is 18.3. The summed E-state index contributed by atoms with van der Waals surface area (Å²) in [7, 11) is 0. The van der Waals surface area contributed by atoms with E-state index < -0.39 is 0 Å². The third-order valence-electron chi connectivity index (χ3n) is 5.80. The van der Waals surface area contributed by atoms with Crippen LogP contribution in [0.3, 0.4) is 0 Å². The third-order valence-corrected chi connectivity index (χ3v) is 7.25. The molecule has 0 radical (unpaired) electrons. The Hall–Kier alpha value is -1.99. The van der Waals surface area contributed by atoms with Crippen LogP contribution >= 0.6 is 22.9 Å². The Morgan fingerprint density at radius 2 is 1.97 bits per heavy atom. The van der Waals surface area contributed by atoms with Crippen LogP contribution in [-0.2, 0) is 4.74 Å². The molecule has 1 aliphatic heterocycles. The molecule has 1 aromatic heterocycles. The van der Waals surface area contributed by atoms with E-state index in [2.05, 4.69) is 4.90 Å². The van der Waals surface area contributed by atoms with Crippen LogP contribution in [0.15, 0.2) is 30.3 Å². The molecule has 0 spiro atoms. The maximum Gasteiger partial charge on any atom is 0.260 e. The summed E-state index contributed by atoms with van der Waals surface area (Å²) in [6, 6.07) is 9.91. The van der Waals surface area contributed by atoms with Crippen molar-refractivity contribution in [2.75, 3.05) is 44.3 Å². The lowest BCUT2D eigenvalue weighted by molar-refractivity contribution is 0.0376. The summed E-state index contributed by atoms with van der Waals surface area (Å²) in [6.07, 6.45) is 0.881. The summed E-state index contributed by atoms with van der Waals surface area (Å²) in [5.41, 5.74) is 4.62. The molecule has 4 rings (SSSR count). The van der Waals surface area contributed by atoms with Gasteiger partial charge >= 0.3 is 0 Å². The monoisotopic (exact) mass is 457 g/mol. The van der Waals surface area contributed by atoms with Crippen molar-refractivity contribution in [3.63, 3.8) is 0 Å². The quantitative estimate of drug-likeness (QED) is 0.507. The standard InChI is InChI=1S/C24H28ClN3O2S/c1-16-5-6-17(2)19(15-16)23(29)28(10-4-9-27-11-13-30-14-12-27)24-26-22-18(3)20(25)7-8-21(22)31-24/h5-8,15H,4,9-14H2,1-3H3. The molecule has 0 unspecified atom stereocenters. The van der Waals surface area contributed by atoms with E-state index in [0.717, 1.165) is 76.9 Å². The van der Waals surface area contributed by atoms with E-state index in [9.17, 15) is 4.79 Å². The Balaban J connectivity index is 1.64. The van der Waals surface area contributed by atoms with Crippen LogP contribution in [0.4, 0.5) is 5.13 Å². The van der Waals surface area contributed by atoms with Crippen LogP contribution in [0.5, 0.6) is 0 Å². The van der Waals surface area contributed by atoms with Gasteiger partial charge in [0.25, 0.3) is 5.91 Å². The first-order valence-electron chi connectivity index (χ1n) is 10.7. The first-order valence-corrected chi connectivity index (χ1v) is 11.9. The zero-order valence-corrected chi connectivity index (χ0v) is 19.9. The Morgan fingerprint density at radius 3 is 2.74 bits per heavy atom. The van der Waals surface area contributed by atoms with E-state index >= 15 is 0 Å². The highest BCUT2D eigenvalue weighted by Crippen LogP contribution is 2.34. The van der Waals surface area contributed by atoms with Gasteiger partial charge in [-0.05, 0) is 56.5 Å².